The smallest absolute Gasteiger partial charge is 0.238 e. The molecule has 152 valence electrons. The number of sulfonamides is 1. The van der Waals surface area contributed by atoms with Crippen LogP contribution in [-0.4, -0.2) is 35.7 Å². The van der Waals surface area contributed by atoms with Crippen molar-refractivity contribution in [1.29, 1.82) is 0 Å². The van der Waals surface area contributed by atoms with Gasteiger partial charge in [-0.05, 0) is 62.1 Å². The Labute approximate surface area is 169 Å². The van der Waals surface area contributed by atoms with Gasteiger partial charge in [0, 0.05) is 13.1 Å². The van der Waals surface area contributed by atoms with Gasteiger partial charge in [-0.3, -0.25) is 4.79 Å². The molecule has 2 bridgehead atoms. The highest BCUT2D eigenvalue weighted by Gasteiger charge is 2.42. The average Bonchev–Trinajstić information content (AvgIpc) is 3.34. The lowest BCUT2D eigenvalue weighted by atomic mass is 9.84. The molecule has 2 fully saturated rings. The van der Waals surface area contributed by atoms with Gasteiger partial charge < -0.3 is 9.88 Å². The maximum atomic E-state index is 12.4. The summed E-state index contributed by atoms with van der Waals surface area (Å²) in [5.74, 6) is 2.55. The van der Waals surface area contributed by atoms with Crippen molar-refractivity contribution in [3.63, 3.8) is 0 Å². The van der Waals surface area contributed by atoms with Crippen LogP contribution in [0, 0.1) is 17.8 Å². The van der Waals surface area contributed by atoms with E-state index in [9.17, 15) is 13.2 Å². The van der Waals surface area contributed by atoms with Gasteiger partial charge in [-0.25, -0.2) is 18.5 Å². The number of nitrogens with two attached hydrogens (primary N) is 1. The standard InChI is InChI=1S/C19H26N4O3S2/c1-11(15-8-12-3-4-13(15)7-12)21-18(24)10-27-19-22-16-9-14(28(20,25)26)5-6-17(16)23(19)2/h5-6,9,11-13,15H,3-4,7-8,10H2,1-2H3,(H,21,24)(H2,20,25,26)/t11-,12-,13-,15-/m0/s1. The fourth-order valence-corrected chi connectivity index (χ4v) is 6.23. The summed E-state index contributed by atoms with van der Waals surface area (Å²) in [4.78, 5) is 16.9. The number of benzene rings is 1. The normalized spacial score (nSPS) is 25.3. The first-order chi connectivity index (χ1) is 13.2. The van der Waals surface area contributed by atoms with E-state index >= 15 is 0 Å². The van der Waals surface area contributed by atoms with Crippen molar-refractivity contribution in [1.82, 2.24) is 14.9 Å². The molecule has 1 aromatic heterocycles. The lowest BCUT2D eigenvalue weighted by molar-refractivity contribution is -0.119. The molecule has 1 aromatic carbocycles. The Morgan fingerprint density at radius 1 is 1.39 bits per heavy atom. The van der Waals surface area contributed by atoms with Crippen molar-refractivity contribution >= 4 is 38.7 Å². The van der Waals surface area contributed by atoms with Crippen LogP contribution in [0.1, 0.15) is 32.6 Å². The number of thioether (sulfide) groups is 1. The third kappa shape index (κ3) is 3.79. The number of nitrogens with zero attached hydrogens (tertiary/aromatic N) is 2. The molecule has 9 heteroatoms. The van der Waals surface area contributed by atoms with Gasteiger partial charge in [0.25, 0.3) is 0 Å². The van der Waals surface area contributed by atoms with E-state index in [0.29, 0.717) is 16.6 Å². The Bertz CT molecular complexity index is 1020. The van der Waals surface area contributed by atoms with Gasteiger partial charge in [0.15, 0.2) is 5.16 Å². The minimum Gasteiger partial charge on any atom is -0.353 e. The number of fused-ring (bicyclic) bond motifs is 3. The molecule has 28 heavy (non-hydrogen) atoms. The number of aryl methyl sites for hydroxylation is 1. The molecular formula is C19H26N4O3S2. The van der Waals surface area contributed by atoms with E-state index < -0.39 is 10.0 Å². The number of primary sulfonamides is 1. The summed E-state index contributed by atoms with van der Waals surface area (Å²) < 4.78 is 24.9. The lowest BCUT2D eigenvalue weighted by Crippen LogP contribution is -2.40. The summed E-state index contributed by atoms with van der Waals surface area (Å²) in [6.07, 6.45) is 5.25. The molecule has 0 aliphatic heterocycles. The van der Waals surface area contributed by atoms with Crippen LogP contribution in [-0.2, 0) is 21.9 Å². The quantitative estimate of drug-likeness (QED) is 0.695. The minimum absolute atomic E-state index is 0.0116. The zero-order valence-electron chi connectivity index (χ0n) is 16.1. The predicted molar refractivity (Wildman–Crippen MR) is 109 cm³/mol. The SMILES string of the molecule is C[C@H](NC(=O)CSc1nc2cc(S(N)(=O)=O)ccc2n1C)[C@@H]1C[C@H]2CC[C@H]1C2. The summed E-state index contributed by atoms with van der Waals surface area (Å²) in [5.41, 5.74) is 1.35. The summed E-state index contributed by atoms with van der Waals surface area (Å²) in [7, 11) is -1.92. The van der Waals surface area contributed by atoms with Crippen LogP contribution in [0.25, 0.3) is 11.0 Å². The average molecular weight is 423 g/mol. The monoisotopic (exact) mass is 422 g/mol. The Morgan fingerprint density at radius 3 is 2.82 bits per heavy atom. The fourth-order valence-electron chi connectivity index (χ4n) is 4.90. The Hall–Kier alpha value is -1.58. The molecule has 7 nitrogen and oxygen atoms in total. The van der Waals surface area contributed by atoms with E-state index in [1.165, 1.54) is 49.6 Å². The van der Waals surface area contributed by atoms with Crippen molar-refractivity contribution in [3.8, 4) is 0 Å². The molecular weight excluding hydrogens is 396 g/mol. The first kappa shape index (κ1) is 19.7. The van der Waals surface area contributed by atoms with Crippen molar-refractivity contribution in [2.45, 2.75) is 48.7 Å². The number of rotatable bonds is 6. The Kier molecular flexibility index (Phi) is 5.18. The minimum atomic E-state index is -3.77. The molecule has 2 aliphatic rings. The van der Waals surface area contributed by atoms with E-state index in [1.807, 2.05) is 11.6 Å². The zero-order chi connectivity index (χ0) is 20.1. The summed E-state index contributed by atoms with van der Waals surface area (Å²) >= 11 is 1.35. The molecule has 0 saturated heterocycles. The van der Waals surface area contributed by atoms with E-state index in [1.54, 1.807) is 6.07 Å². The molecule has 2 aliphatic carbocycles. The summed E-state index contributed by atoms with van der Waals surface area (Å²) in [6.45, 7) is 2.12. The number of imidazole rings is 1. The highest BCUT2D eigenvalue weighted by Crippen LogP contribution is 2.49. The third-order valence-electron chi connectivity index (χ3n) is 6.30. The Morgan fingerprint density at radius 2 is 2.18 bits per heavy atom. The van der Waals surface area contributed by atoms with Gasteiger partial charge in [-0.2, -0.15) is 0 Å². The predicted octanol–water partition coefficient (Wildman–Crippen LogP) is 2.25. The van der Waals surface area contributed by atoms with Crippen LogP contribution in [0.5, 0.6) is 0 Å². The molecule has 1 amide bonds. The number of nitrogens with one attached hydrogen (secondary N) is 1. The molecule has 0 unspecified atom stereocenters. The second kappa shape index (κ2) is 7.35. The van der Waals surface area contributed by atoms with E-state index in [2.05, 4.69) is 17.2 Å². The van der Waals surface area contributed by atoms with Crippen molar-refractivity contribution < 1.29 is 13.2 Å². The van der Waals surface area contributed by atoms with Gasteiger partial charge in [-0.15, -0.1) is 0 Å². The maximum Gasteiger partial charge on any atom is 0.238 e. The zero-order valence-corrected chi connectivity index (χ0v) is 17.7. The second-order valence-corrected chi connectivity index (χ2v) is 10.6. The summed E-state index contributed by atoms with van der Waals surface area (Å²) in [6, 6.07) is 4.83. The molecule has 0 spiro atoms. The van der Waals surface area contributed by atoms with E-state index in [0.717, 1.165) is 17.4 Å². The van der Waals surface area contributed by atoms with Crippen molar-refractivity contribution in [2.75, 3.05) is 5.75 Å². The number of carbonyl (C=O) groups is 1. The van der Waals surface area contributed by atoms with Gasteiger partial charge in [0.1, 0.15) is 0 Å². The van der Waals surface area contributed by atoms with Crippen molar-refractivity contribution in [3.05, 3.63) is 18.2 Å². The van der Waals surface area contributed by atoms with Crippen LogP contribution in [0.3, 0.4) is 0 Å². The highest BCUT2D eigenvalue weighted by atomic mass is 32.2. The van der Waals surface area contributed by atoms with Crippen molar-refractivity contribution in [2.24, 2.45) is 29.9 Å². The molecule has 4 rings (SSSR count). The topological polar surface area (TPSA) is 107 Å². The van der Waals surface area contributed by atoms with Crippen LogP contribution >= 0.6 is 11.8 Å². The van der Waals surface area contributed by atoms with Gasteiger partial charge >= 0.3 is 0 Å². The molecule has 3 N–H and O–H groups in total. The van der Waals surface area contributed by atoms with Crippen LogP contribution in [0.4, 0.5) is 0 Å². The van der Waals surface area contributed by atoms with Crippen LogP contribution in [0.15, 0.2) is 28.3 Å². The molecule has 2 aromatic rings. The highest BCUT2D eigenvalue weighted by molar-refractivity contribution is 7.99. The van der Waals surface area contributed by atoms with Crippen LogP contribution < -0.4 is 10.5 Å². The number of aromatic nitrogens is 2. The number of hydrogen-bond donors (Lipinski definition) is 2. The van der Waals surface area contributed by atoms with Crippen LogP contribution in [0.2, 0.25) is 0 Å². The first-order valence-corrected chi connectivity index (χ1v) is 12.2. The molecule has 2 saturated carbocycles. The molecule has 0 radical (unpaired) electrons. The van der Waals surface area contributed by atoms with Gasteiger partial charge in [0.2, 0.25) is 15.9 Å². The van der Waals surface area contributed by atoms with Gasteiger partial charge in [0.05, 0.1) is 21.7 Å². The molecule has 4 atom stereocenters. The largest absolute Gasteiger partial charge is 0.353 e. The number of amides is 1. The summed E-state index contributed by atoms with van der Waals surface area (Å²) in [5, 5.41) is 9.03. The number of hydrogen-bond acceptors (Lipinski definition) is 5. The maximum absolute atomic E-state index is 12.4. The van der Waals surface area contributed by atoms with E-state index in [4.69, 9.17) is 5.14 Å². The molecule has 1 heterocycles. The fraction of sp³-hybridized carbons (Fsp3) is 0.579. The van der Waals surface area contributed by atoms with E-state index in [-0.39, 0.29) is 22.6 Å². The van der Waals surface area contributed by atoms with Gasteiger partial charge in [-0.1, -0.05) is 18.2 Å². The second-order valence-electron chi connectivity index (χ2n) is 8.13. The lowest BCUT2D eigenvalue weighted by Gasteiger charge is -2.28. The first-order valence-electron chi connectivity index (χ1n) is 9.64. The Balaban J connectivity index is 1.39. The third-order valence-corrected chi connectivity index (χ3v) is 8.24. The number of carbonyl (C=O) groups excluding carboxylic acids is 1.